The lowest BCUT2D eigenvalue weighted by Gasteiger charge is -2.12. The number of benzene rings is 1. The number of hydrogen-bond donors (Lipinski definition) is 1. The fourth-order valence-electron chi connectivity index (χ4n) is 1.63. The predicted octanol–water partition coefficient (Wildman–Crippen LogP) is 1.64. The quantitative estimate of drug-likeness (QED) is 0.851. The molecule has 0 atom stereocenters. The fourth-order valence-corrected chi connectivity index (χ4v) is 1.63. The molecule has 3 nitrogen and oxygen atoms in total. The van der Waals surface area contributed by atoms with Crippen LogP contribution in [0, 0.1) is 6.92 Å². The Hall–Kier alpha value is -1.87. The predicted molar refractivity (Wildman–Crippen MR) is 62.7 cm³/mol. The zero-order valence-corrected chi connectivity index (χ0v) is 8.81. The molecule has 3 heteroatoms. The number of rotatable bonds is 3. The van der Waals surface area contributed by atoms with E-state index in [0.717, 1.165) is 5.69 Å². The molecule has 0 unspecified atom stereocenters. The summed E-state index contributed by atoms with van der Waals surface area (Å²) in [4.78, 5) is 11.8. The minimum atomic E-state index is -2.43. The summed E-state index contributed by atoms with van der Waals surface area (Å²) in [7, 11) is 0. The van der Waals surface area contributed by atoms with E-state index in [4.69, 9.17) is 4.17 Å². The van der Waals surface area contributed by atoms with Crippen molar-refractivity contribution in [1.82, 2.24) is 4.57 Å². The highest BCUT2D eigenvalue weighted by Gasteiger charge is 2.06. The molecule has 2 aromatic rings. The Morgan fingerprint density at radius 1 is 1.38 bits per heavy atom. The molecule has 1 N–H and O–H groups in total. The molecule has 0 saturated heterocycles. The van der Waals surface area contributed by atoms with Crippen molar-refractivity contribution < 1.29 is 7.85 Å². The molecule has 2 rings (SSSR count). The summed E-state index contributed by atoms with van der Waals surface area (Å²) in [5.41, 5.74) is 0.578. The molecule has 1 heterocycles. The second-order valence-electron chi connectivity index (χ2n) is 3.45. The number of aliphatic hydroxyl groups is 1. The van der Waals surface area contributed by atoms with Gasteiger partial charge in [0.2, 0.25) is 1.43 Å². The van der Waals surface area contributed by atoms with Gasteiger partial charge in [0.25, 0.3) is 0 Å². The van der Waals surface area contributed by atoms with Crippen LogP contribution in [0.2, 0.25) is 0 Å². The SMILES string of the molecule is [2H]OC([2H])([2H])c1c(C)n(-c2ccccc2)ccc1=O. The van der Waals surface area contributed by atoms with Gasteiger partial charge >= 0.3 is 0 Å². The highest BCUT2D eigenvalue weighted by molar-refractivity contribution is 5.36. The zero-order chi connectivity index (χ0) is 14.0. The maximum Gasteiger partial charge on any atom is 0.211 e. The van der Waals surface area contributed by atoms with E-state index in [2.05, 4.69) is 5.11 Å². The van der Waals surface area contributed by atoms with Gasteiger partial charge in [-0.1, -0.05) is 18.2 Å². The van der Waals surface area contributed by atoms with Crippen molar-refractivity contribution in [2.24, 2.45) is 0 Å². The van der Waals surface area contributed by atoms with Crippen molar-refractivity contribution in [3.8, 4) is 5.69 Å². The van der Waals surface area contributed by atoms with Crippen LogP contribution in [0.25, 0.3) is 5.69 Å². The molecular weight excluding hydrogens is 202 g/mol. The molecule has 0 aliphatic carbocycles. The highest BCUT2D eigenvalue weighted by Crippen LogP contribution is 2.11. The van der Waals surface area contributed by atoms with Gasteiger partial charge in [0.1, 0.15) is 0 Å². The average molecular weight is 218 g/mol. The van der Waals surface area contributed by atoms with E-state index in [1.807, 2.05) is 30.3 Å². The Balaban J connectivity index is 2.69. The summed E-state index contributed by atoms with van der Waals surface area (Å²) in [5, 5.41) is 4.05. The Morgan fingerprint density at radius 3 is 2.81 bits per heavy atom. The van der Waals surface area contributed by atoms with Crippen LogP contribution in [0.3, 0.4) is 0 Å². The number of para-hydroxylation sites is 1. The van der Waals surface area contributed by atoms with Crippen LogP contribution in [0.4, 0.5) is 0 Å². The van der Waals surface area contributed by atoms with E-state index in [1.165, 1.54) is 6.07 Å². The molecular formula is C13H13NO2. The fraction of sp³-hybridized carbons (Fsp3) is 0.154. The Labute approximate surface area is 97.9 Å². The molecule has 0 spiro atoms. The Kier molecular flexibility index (Phi) is 2.00. The van der Waals surface area contributed by atoms with Crippen LogP contribution in [0.15, 0.2) is 47.4 Å². The van der Waals surface area contributed by atoms with E-state index in [0.29, 0.717) is 5.69 Å². The topological polar surface area (TPSA) is 42.2 Å². The second kappa shape index (κ2) is 4.33. The minimum absolute atomic E-state index is 0.158. The summed E-state index contributed by atoms with van der Waals surface area (Å²) < 4.78 is 23.7. The van der Waals surface area contributed by atoms with Crippen LogP contribution in [-0.2, 0) is 6.56 Å². The second-order valence-corrected chi connectivity index (χ2v) is 3.45. The molecule has 0 aliphatic heterocycles. The normalized spacial score (nSPS) is 13.9. The van der Waals surface area contributed by atoms with Crippen LogP contribution >= 0.6 is 0 Å². The molecule has 1 aromatic carbocycles. The number of hydrogen-bond acceptors (Lipinski definition) is 2. The van der Waals surface area contributed by atoms with Crippen LogP contribution in [-0.4, -0.2) is 11.1 Å². The first-order chi connectivity index (χ1) is 8.97. The smallest absolute Gasteiger partial charge is 0.211 e. The summed E-state index contributed by atoms with van der Waals surface area (Å²) in [6.45, 7) is -0.806. The maximum atomic E-state index is 11.8. The van der Waals surface area contributed by atoms with Gasteiger partial charge in [-0.25, -0.2) is 0 Å². The van der Waals surface area contributed by atoms with Crippen LogP contribution < -0.4 is 5.43 Å². The Morgan fingerprint density at radius 2 is 2.12 bits per heavy atom. The lowest BCUT2D eigenvalue weighted by atomic mass is 10.2. The maximum absolute atomic E-state index is 11.8. The molecule has 0 aliphatic rings. The van der Waals surface area contributed by atoms with Crippen LogP contribution in [0.5, 0.6) is 0 Å². The van der Waals surface area contributed by atoms with E-state index in [-0.39, 0.29) is 5.56 Å². The monoisotopic (exact) mass is 218 g/mol. The molecule has 16 heavy (non-hydrogen) atoms. The van der Waals surface area contributed by atoms with Gasteiger partial charge in [-0.05, 0) is 19.1 Å². The van der Waals surface area contributed by atoms with E-state index in [9.17, 15) is 4.79 Å². The molecule has 0 fully saturated rings. The van der Waals surface area contributed by atoms with Crippen molar-refractivity contribution in [3.05, 3.63) is 64.1 Å². The zero-order valence-electron chi connectivity index (χ0n) is 11.8. The van der Waals surface area contributed by atoms with Crippen LogP contribution in [0.1, 0.15) is 14.0 Å². The lowest BCUT2D eigenvalue weighted by molar-refractivity contribution is 0.279. The van der Waals surface area contributed by atoms with Crippen molar-refractivity contribution in [1.29, 1.82) is 1.43 Å². The molecule has 0 saturated carbocycles. The molecule has 0 radical (unpaired) electrons. The first-order valence-electron chi connectivity index (χ1n) is 6.30. The average Bonchev–Trinajstić information content (AvgIpc) is 2.39. The van der Waals surface area contributed by atoms with Gasteiger partial charge in [-0.3, -0.25) is 4.79 Å². The summed E-state index contributed by atoms with van der Waals surface area (Å²) in [5.74, 6) is 0. The third-order valence-electron chi connectivity index (χ3n) is 2.48. The molecule has 0 bridgehead atoms. The summed E-state index contributed by atoms with van der Waals surface area (Å²) in [6.07, 6.45) is 1.58. The van der Waals surface area contributed by atoms with Gasteiger partial charge in [0.15, 0.2) is 5.43 Å². The van der Waals surface area contributed by atoms with E-state index >= 15 is 0 Å². The summed E-state index contributed by atoms with van der Waals surface area (Å²) in [6, 6.07) is 10.5. The largest absolute Gasteiger partial charge is 0.391 e. The van der Waals surface area contributed by atoms with Gasteiger partial charge in [0.05, 0.1) is 9.30 Å². The van der Waals surface area contributed by atoms with Crippen molar-refractivity contribution in [2.75, 3.05) is 0 Å². The minimum Gasteiger partial charge on any atom is -0.391 e. The highest BCUT2D eigenvalue weighted by atomic mass is 16.3. The molecule has 1 aromatic heterocycles. The first kappa shape index (κ1) is 7.41. The van der Waals surface area contributed by atoms with E-state index in [1.54, 1.807) is 17.7 Å². The standard InChI is InChI=1S/C13H13NO2/c1-10-12(9-15)13(16)7-8-14(10)11-5-3-2-4-6-11/h2-8,15H,9H2,1H3/i9D2,15D. The lowest BCUT2D eigenvalue weighted by Crippen LogP contribution is -2.15. The van der Waals surface area contributed by atoms with Gasteiger partial charge < -0.3 is 9.68 Å². The van der Waals surface area contributed by atoms with E-state index < -0.39 is 12.0 Å². The summed E-state index contributed by atoms with van der Waals surface area (Å²) >= 11 is 0. The van der Waals surface area contributed by atoms with Gasteiger partial charge in [0, 0.05) is 29.2 Å². The number of aromatic nitrogens is 1. The third kappa shape index (κ3) is 1.77. The number of pyridine rings is 1. The number of nitrogens with zero attached hydrogens (tertiary/aromatic N) is 1. The first-order valence-corrected chi connectivity index (χ1v) is 4.90. The Bertz CT molecular complexity index is 638. The van der Waals surface area contributed by atoms with Crippen molar-refractivity contribution in [2.45, 2.75) is 13.5 Å². The van der Waals surface area contributed by atoms with Crippen molar-refractivity contribution in [3.63, 3.8) is 0 Å². The molecule has 82 valence electrons. The van der Waals surface area contributed by atoms with Gasteiger partial charge in [-0.15, -0.1) is 0 Å². The van der Waals surface area contributed by atoms with Crippen molar-refractivity contribution >= 4 is 0 Å². The third-order valence-corrected chi connectivity index (χ3v) is 2.48. The van der Waals surface area contributed by atoms with Gasteiger partial charge in [-0.2, -0.15) is 0 Å². The molecule has 0 amide bonds.